The first-order valence-electron chi connectivity index (χ1n) is 2.29. The summed E-state index contributed by atoms with van der Waals surface area (Å²) in [6, 6.07) is 0. The molecule has 0 aromatic rings. The molecule has 0 saturated carbocycles. The molecule has 0 heterocycles. The second kappa shape index (κ2) is 42.7. The molecule has 0 spiro atoms. The summed E-state index contributed by atoms with van der Waals surface area (Å²) in [5.74, 6) is 0. The third kappa shape index (κ3) is 31.7. The van der Waals surface area contributed by atoms with Crippen molar-refractivity contribution >= 4 is 13.6 Å². The zero-order valence-electron chi connectivity index (χ0n) is 6.28. The SMILES string of the molecule is C=O.C=O.[Br-].[Br-].[C-]1=CC=CC1.[Fe+3]. The molecule has 0 N–H and O–H groups in total. The van der Waals surface area contributed by atoms with E-state index in [1.54, 1.807) is 0 Å². The molecule has 0 unspecified atom stereocenters. The molecule has 5 heteroatoms. The van der Waals surface area contributed by atoms with Crippen LogP contribution >= 0.6 is 0 Å². The minimum atomic E-state index is 0. The summed E-state index contributed by atoms with van der Waals surface area (Å²) in [7, 11) is 0. The number of carbonyl (C=O) groups excluding carboxylic acids is 2. The Kier molecular flexibility index (Phi) is 105. The van der Waals surface area contributed by atoms with Gasteiger partial charge in [0.1, 0.15) is 13.6 Å². The van der Waals surface area contributed by atoms with Gasteiger partial charge in [0.25, 0.3) is 0 Å². The molecular formula is C7H9Br2FeO2. The van der Waals surface area contributed by atoms with Gasteiger partial charge in [0.15, 0.2) is 0 Å². The Labute approximate surface area is 104 Å². The first kappa shape index (κ1) is 29.5. The molecule has 1 aliphatic rings. The maximum absolute atomic E-state index is 8.00. The van der Waals surface area contributed by atoms with Gasteiger partial charge in [0.05, 0.1) is 0 Å². The Balaban J connectivity index is -0.0000000213. The summed E-state index contributed by atoms with van der Waals surface area (Å²) in [4.78, 5) is 16.0. The summed E-state index contributed by atoms with van der Waals surface area (Å²) in [5, 5.41) is 0. The van der Waals surface area contributed by atoms with Crippen LogP contribution in [-0.4, -0.2) is 13.6 Å². The second-order valence-electron chi connectivity index (χ2n) is 1.00. The van der Waals surface area contributed by atoms with Gasteiger partial charge < -0.3 is 43.6 Å². The van der Waals surface area contributed by atoms with Gasteiger partial charge in [0, 0.05) is 0 Å². The maximum atomic E-state index is 8.00. The fraction of sp³-hybridized carbons (Fsp3) is 0.143. The molecule has 0 amide bonds. The van der Waals surface area contributed by atoms with Crippen LogP contribution in [0, 0.1) is 6.08 Å². The molecule has 2 nitrogen and oxygen atoms in total. The van der Waals surface area contributed by atoms with Crippen LogP contribution in [0.4, 0.5) is 0 Å². The van der Waals surface area contributed by atoms with Gasteiger partial charge in [-0.1, -0.05) is 0 Å². The minimum Gasteiger partial charge on any atom is -1.00 e. The van der Waals surface area contributed by atoms with E-state index in [1.165, 1.54) is 0 Å². The Morgan fingerprint density at radius 3 is 1.58 bits per heavy atom. The zero-order chi connectivity index (χ0) is 7.54. The first-order chi connectivity index (χ1) is 4.50. The van der Waals surface area contributed by atoms with E-state index in [0.717, 1.165) is 6.42 Å². The summed E-state index contributed by atoms with van der Waals surface area (Å²) in [5.41, 5.74) is 0. The average Bonchev–Trinajstić information content (AvgIpc) is 2.51. The molecule has 0 bridgehead atoms. The molecule has 12 heavy (non-hydrogen) atoms. The van der Waals surface area contributed by atoms with Crippen molar-refractivity contribution in [3.05, 3.63) is 24.3 Å². The van der Waals surface area contributed by atoms with E-state index >= 15 is 0 Å². The topological polar surface area (TPSA) is 34.1 Å². The van der Waals surface area contributed by atoms with Crippen LogP contribution in [0.15, 0.2) is 18.2 Å². The largest absolute Gasteiger partial charge is 3.00 e. The van der Waals surface area contributed by atoms with Gasteiger partial charge in [-0.25, -0.2) is 12.2 Å². The maximum Gasteiger partial charge on any atom is 3.00 e. The molecular weight excluding hydrogens is 332 g/mol. The predicted molar refractivity (Wildman–Crippen MR) is 35.8 cm³/mol. The molecule has 0 saturated heterocycles. The van der Waals surface area contributed by atoms with Crippen LogP contribution in [0.2, 0.25) is 0 Å². The predicted octanol–water partition coefficient (Wildman–Crippen LogP) is -5.06. The van der Waals surface area contributed by atoms with Crippen LogP contribution in [0.5, 0.6) is 0 Å². The molecule has 0 fully saturated rings. The number of hydrogen-bond donors (Lipinski definition) is 0. The van der Waals surface area contributed by atoms with E-state index < -0.39 is 0 Å². The van der Waals surface area contributed by atoms with E-state index in [4.69, 9.17) is 9.59 Å². The van der Waals surface area contributed by atoms with Crippen molar-refractivity contribution in [2.45, 2.75) is 6.42 Å². The fourth-order valence-electron chi connectivity index (χ4n) is 0.340. The Morgan fingerprint density at radius 1 is 1.08 bits per heavy atom. The fourth-order valence-corrected chi connectivity index (χ4v) is 0.340. The standard InChI is InChI=1S/C5H5.2CH2O.2BrH.Fe/c1-2-4-5-3-1;2*1-2;;;/h1-3H,4H2;2*1H2;2*1H;/q-1;;;;;+3/p-2. The monoisotopic (exact) mass is 339 g/mol. The Hall–Kier alpha value is 0.299. The van der Waals surface area contributed by atoms with Crippen LogP contribution in [0.25, 0.3) is 0 Å². The summed E-state index contributed by atoms with van der Waals surface area (Å²) in [6.07, 6.45) is 10.0. The van der Waals surface area contributed by atoms with E-state index in [2.05, 4.69) is 12.2 Å². The smallest absolute Gasteiger partial charge is 1.00 e. The minimum absolute atomic E-state index is 0. The molecule has 0 aromatic heterocycles. The number of carbonyl (C=O) groups is 2. The quantitative estimate of drug-likeness (QED) is 0.327. The third-order valence-corrected chi connectivity index (χ3v) is 0.586. The Morgan fingerprint density at radius 2 is 1.50 bits per heavy atom. The number of halogens is 2. The van der Waals surface area contributed by atoms with Crippen LogP contribution in [-0.2, 0) is 26.7 Å². The van der Waals surface area contributed by atoms with Crippen molar-refractivity contribution in [3.8, 4) is 0 Å². The Bertz CT molecular complexity index is 95.6. The molecule has 1 radical (unpaired) electrons. The van der Waals surface area contributed by atoms with E-state index in [0.29, 0.717) is 0 Å². The normalized spacial score (nSPS) is 8.00. The van der Waals surface area contributed by atoms with Gasteiger partial charge in [-0.05, 0) is 0 Å². The summed E-state index contributed by atoms with van der Waals surface area (Å²) >= 11 is 0. The van der Waals surface area contributed by atoms with E-state index in [-0.39, 0.29) is 51.0 Å². The number of allylic oxidation sites excluding steroid dienone is 4. The van der Waals surface area contributed by atoms with Gasteiger partial charge in [0.2, 0.25) is 0 Å². The summed E-state index contributed by atoms with van der Waals surface area (Å²) in [6.45, 7) is 4.00. The molecule has 1 rings (SSSR count). The van der Waals surface area contributed by atoms with Gasteiger partial charge in [-0.2, -0.15) is 6.08 Å². The van der Waals surface area contributed by atoms with Gasteiger partial charge >= 0.3 is 17.1 Å². The average molecular weight is 341 g/mol. The van der Waals surface area contributed by atoms with Crippen molar-refractivity contribution in [1.29, 1.82) is 0 Å². The second-order valence-corrected chi connectivity index (χ2v) is 1.00. The van der Waals surface area contributed by atoms with Gasteiger partial charge in [-0.3, -0.25) is 6.08 Å². The molecule has 0 aliphatic heterocycles. The first-order valence-corrected chi connectivity index (χ1v) is 2.29. The van der Waals surface area contributed by atoms with Crippen molar-refractivity contribution in [2.75, 3.05) is 0 Å². The molecule has 71 valence electrons. The molecule has 0 aromatic carbocycles. The molecule has 0 atom stereocenters. The number of rotatable bonds is 0. The van der Waals surface area contributed by atoms with Crippen LogP contribution in [0.1, 0.15) is 6.42 Å². The van der Waals surface area contributed by atoms with Crippen molar-refractivity contribution in [1.82, 2.24) is 0 Å². The third-order valence-electron chi connectivity index (χ3n) is 0.586. The van der Waals surface area contributed by atoms with Crippen molar-refractivity contribution in [2.24, 2.45) is 0 Å². The zero-order valence-corrected chi connectivity index (χ0v) is 10.6. The van der Waals surface area contributed by atoms with Crippen molar-refractivity contribution < 1.29 is 60.6 Å². The van der Waals surface area contributed by atoms with E-state index in [1.807, 2.05) is 25.7 Å². The molecule has 1 aliphatic carbocycles. The van der Waals surface area contributed by atoms with Crippen LogP contribution < -0.4 is 34.0 Å². The van der Waals surface area contributed by atoms with Crippen LogP contribution in [0.3, 0.4) is 0 Å². The van der Waals surface area contributed by atoms with Crippen molar-refractivity contribution in [3.63, 3.8) is 0 Å². The van der Waals surface area contributed by atoms with Gasteiger partial charge in [-0.15, -0.1) is 6.42 Å². The number of hydrogen-bond acceptors (Lipinski definition) is 2. The van der Waals surface area contributed by atoms with E-state index in [9.17, 15) is 0 Å². The summed E-state index contributed by atoms with van der Waals surface area (Å²) < 4.78 is 0.